The van der Waals surface area contributed by atoms with Gasteiger partial charge in [0, 0.05) is 20.1 Å². The van der Waals surface area contributed by atoms with Crippen LogP contribution in [0, 0.1) is 13.8 Å². The van der Waals surface area contributed by atoms with Gasteiger partial charge in [-0.25, -0.2) is 16.8 Å². The predicted octanol–water partition coefficient (Wildman–Crippen LogP) is 1.16. The van der Waals surface area contributed by atoms with E-state index in [1.807, 2.05) is 0 Å². The molecule has 1 saturated carbocycles. The van der Waals surface area contributed by atoms with Gasteiger partial charge in [-0.05, 0) is 26.7 Å². The molecule has 0 amide bonds. The molecule has 2 aliphatic rings. The van der Waals surface area contributed by atoms with E-state index in [-0.39, 0.29) is 23.2 Å². The molecule has 1 saturated heterocycles. The average Bonchev–Trinajstić information content (AvgIpc) is 2.71. The van der Waals surface area contributed by atoms with Crippen LogP contribution in [0.4, 0.5) is 0 Å². The fraction of sp³-hybridized carbons (Fsp3) is 0.800. The first-order chi connectivity index (χ1) is 11.2. The highest BCUT2D eigenvalue weighted by atomic mass is 32.2. The number of aromatic nitrogens is 2. The Bertz CT molecular complexity index is 830. The molecule has 0 spiro atoms. The lowest BCUT2D eigenvalue weighted by Crippen LogP contribution is -2.58. The van der Waals surface area contributed by atoms with Crippen molar-refractivity contribution in [2.75, 3.05) is 13.1 Å². The summed E-state index contributed by atoms with van der Waals surface area (Å²) < 4.78 is 53.8. The molecule has 0 aromatic carbocycles. The molecule has 1 aromatic rings. The van der Waals surface area contributed by atoms with Crippen LogP contribution >= 0.6 is 0 Å². The van der Waals surface area contributed by atoms with Crippen LogP contribution in [0.1, 0.15) is 43.5 Å². The Hall–Kier alpha value is -0.930. The summed E-state index contributed by atoms with van der Waals surface area (Å²) in [5, 5.41) is 3.30. The van der Waals surface area contributed by atoms with Crippen molar-refractivity contribution in [3.8, 4) is 0 Å². The highest BCUT2D eigenvalue weighted by Gasteiger charge is 2.47. The molecular weight excluding hydrogens is 350 g/mol. The molecule has 0 unspecified atom stereocenters. The maximum atomic E-state index is 12.8. The molecular formula is C15H25N3O4S2. The zero-order chi connectivity index (χ0) is 17.7. The third kappa shape index (κ3) is 2.80. The molecule has 2 heterocycles. The Morgan fingerprint density at radius 1 is 0.958 bits per heavy atom. The van der Waals surface area contributed by atoms with Crippen LogP contribution in [0.15, 0.2) is 4.90 Å². The number of hydrogen-bond acceptors (Lipinski definition) is 5. The fourth-order valence-electron chi connectivity index (χ4n) is 3.73. The summed E-state index contributed by atoms with van der Waals surface area (Å²) in [7, 11) is -5.22. The molecule has 1 aromatic heterocycles. The van der Waals surface area contributed by atoms with Gasteiger partial charge in [-0.2, -0.15) is 9.40 Å². The van der Waals surface area contributed by atoms with Crippen molar-refractivity contribution in [3.63, 3.8) is 0 Å². The van der Waals surface area contributed by atoms with Gasteiger partial charge in [-0.3, -0.25) is 4.68 Å². The van der Waals surface area contributed by atoms with Crippen molar-refractivity contribution < 1.29 is 16.8 Å². The van der Waals surface area contributed by atoms with Crippen molar-refractivity contribution in [1.29, 1.82) is 0 Å². The van der Waals surface area contributed by atoms with Gasteiger partial charge in [0.2, 0.25) is 10.0 Å². The molecule has 24 heavy (non-hydrogen) atoms. The van der Waals surface area contributed by atoms with Crippen molar-refractivity contribution in [3.05, 3.63) is 11.4 Å². The first-order valence-corrected chi connectivity index (χ1v) is 11.4. The molecule has 0 radical (unpaired) electrons. The molecule has 1 aliphatic heterocycles. The van der Waals surface area contributed by atoms with E-state index in [1.165, 1.54) is 8.99 Å². The van der Waals surface area contributed by atoms with Crippen LogP contribution in [-0.4, -0.2) is 54.5 Å². The van der Waals surface area contributed by atoms with Gasteiger partial charge >= 0.3 is 0 Å². The second-order valence-corrected chi connectivity index (χ2v) is 11.3. The van der Waals surface area contributed by atoms with Crippen molar-refractivity contribution >= 4 is 19.9 Å². The van der Waals surface area contributed by atoms with Crippen LogP contribution < -0.4 is 0 Å². The maximum Gasteiger partial charge on any atom is 0.246 e. The van der Waals surface area contributed by atoms with Crippen LogP contribution in [0.5, 0.6) is 0 Å². The van der Waals surface area contributed by atoms with Gasteiger partial charge in [0.05, 0.1) is 21.9 Å². The SMILES string of the molecule is Cc1nn(C)c(C)c1S(=O)(=O)N1CC(S(=O)(=O)C2CCCCC2)C1. The first kappa shape index (κ1) is 17.9. The number of rotatable bonds is 4. The first-order valence-electron chi connectivity index (χ1n) is 8.38. The molecule has 0 N–H and O–H groups in total. The Kier molecular flexibility index (Phi) is 4.55. The molecule has 9 heteroatoms. The minimum absolute atomic E-state index is 0.0644. The van der Waals surface area contributed by atoms with Gasteiger partial charge in [-0.15, -0.1) is 0 Å². The zero-order valence-corrected chi connectivity index (χ0v) is 16.0. The van der Waals surface area contributed by atoms with Gasteiger partial charge in [0.1, 0.15) is 4.90 Å². The van der Waals surface area contributed by atoms with Crippen LogP contribution in [0.25, 0.3) is 0 Å². The topological polar surface area (TPSA) is 89.3 Å². The monoisotopic (exact) mass is 375 g/mol. The van der Waals surface area contributed by atoms with Gasteiger partial charge < -0.3 is 0 Å². The standard InChI is InChI=1S/C15H25N3O4S2/c1-11-15(12(2)17(3)16-11)24(21,22)18-9-14(10-18)23(19,20)13-7-5-4-6-8-13/h13-14H,4-10H2,1-3H3. The largest absolute Gasteiger partial charge is 0.271 e. The number of nitrogens with zero attached hydrogens (tertiary/aromatic N) is 3. The molecule has 7 nitrogen and oxygen atoms in total. The quantitative estimate of drug-likeness (QED) is 0.788. The van der Waals surface area contributed by atoms with E-state index >= 15 is 0 Å². The van der Waals surface area contributed by atoms with Crippen molar-refractivity contribution in [2.45, 2.75) is 61.3 Å². The van der Waals surface area contributed by atoms with E-state index in [0.717, 1.165) is 19.3 Å². The zero-order valence-electron chi connectivity index (χ0n) is 14.4. The van der Waals surface area contributed by atoms with Gasteiger partial charge in [-0.1, -0.05) is 19.3 Å². The Balaban J connectivity index is 1.76. The van der Waals surface area contributed by atoms with E-state index in [0.29, 0.717) is 24.2 Å². The van der Waals surface area contributed by atoms with Crippen molar-refractivity contribution in [1.82, 2.24) is 14.1 Å². The Morgan fingerprint density at radius 3 is 2.04 bits per heavy atom. The summed E-state index contributed by atoms with van der Waals surface area (Å²) >= 11 is 0. The lowest BCUT2D eigenvalue weighted by atomic mass is 10.0. The number of hydrogen-bond donors (Lipinski definition) is 0. The van der Waals surface area contributed by atoms with E-state index in [9.17, 15) is 16.8 Å². The fourth-order valence-corrected chi connectivity index (χ4v) is 8.16. The molecule has 0 atom stereocenters. The molecule has 136 valence electrons. The lowest BCUT2D eigenvalue weighted by molar-refractivity contribution is 0.306. The second-order valence-electron chi connectivity index (χ2n) is 6.92. The highest BCUT2D eigenvalue weighted by Crippen LogP contribution is 2.33. The summed E-state index contributed by atoms with van der Waals surface area (Å²) in [6.07, 6.45) is 4.43. The number of sulfone groups is 1. The normalized spacial score (nSPS) is 21.8. The van der Waals surface area contributed by atoms with E-state index < -0.39 is 25.1 Å². The van der Waals surface area contributed by atoms with Crippen LogP contribution in [0.3, 0.4) is 0 Å². The van der Waals surface area contributed by atoms with Gasteiger partial charge in [0.15, 0.2) is 9.84 Å². The molecule has 0 bridgehead atoms. The third-order valence-electron chi connectivity index (χ3n) is 5.34. The summed E-state index contributed by atoms with van der Waals surface area (Å²) in [6, 6.07) is 0. The van der Waals surface area contributed by atoms with Crippen LogP contribution in [-0.2, 0) is 26.9 Å². The third-order valence-corrected chi connectivity index (χ3v) is 10.0. The van der Waals surface area contributed by atoms with E-state index in [1.54, 1.807) is 20.9 Å². The minimum atomic E-state index is -3.68. The second kappa shape index (κ2) is 6.10. The summed E-state index contributed by atoms with van der Waals surface area (Å²) in [5.41, 5.74) is 1.03. The predicted molar refractivity (Wildman–Crippen MR) is 91.0 cm³/mol. The minimum Gasteiger partial charge on any atom is -0.271 e. The Labute approximate surface area is 144 Å². The van der Waals surface area contributed by atoms with E-state index in [4.69, 9.17) is 0 Å². The molecule has 1 aliphatic carbocycles. The summed E-state index contributed by atoms with van der Waals surface area (Å²) in [5.74, 6) is 0. The highest BCUT2D eigenvalue weighted by molar-refractivity contribution is 7.93. The number of sulfonamides is 1. The number of aryl methyl sites for hydroxylation is 2. The molecule has 2 fully saturated rings. The smallest absolute Gasteiger partial charge is 0.246 e. The van der Waals surface area contributed by atoms with Crippen molar-refractivity contribution in [2.24, 2.45) is 7.05 Å². The van der Waals surface area contributed by atoms with E-state index in [2.05, 4.69) is 5.10 Å². The Morgan fingerprint density at radius 2 is 1.54 bits per heavy atom. The molecule has 3 rings (SSSR count). The maximum absolute atomic E-state index is 12.8. The van der Waals surface area contributed by atoms with Crippen LogP contribution in [0.2, 0.25) is 0 Å². The summed E-state index contributed by atoms with van der Waals surface area (Å²) in [4.78, 5) is 0.207. The average molecular weight is 376 g/mol. The van der Waals surface area contributed by atoms with Gasteiger partial charge in [0.25, 0.3) is 0 Å². The lowest BCUT2D eigenvalue weighted by Gasteiger charge is -2.39. The summed E-state index contributed by atoms with van der Waals surface area (Å²) in [6.45, 7) is 3.50.